The first-order valence-electron chi connectivity index (χ1n) is 7.56. The summed E-state index contributed by atoms with van der Waals surface area (Å²) in [6.45, 7) is 2.50. The number of ketones is 1. The molecule has 0 unspecified atom stereocenters. The van der Waals surface area contributed by atoms with E-state index in [9.17, 15) is 24.3 Å². The molecule has 2 aliphatic heterocycles. The van der Waals surface area contributed by atoms with Crippen LogP contribution in [0.2, 0.25) is 0 Å². The van der Waals surface area contributed by atoms with Crippen molar-refractivity contribution in [2.24, 2.45) is 0 Å². The van der Waals surface area contributed by atoms with Crippen molar-refractivity contribution < 1.29 is 29.0 Å². The van der Waals surface area contributed by atoms with Crippen LogP contribution in [0.3, 0.4) is 0 Å². The lowest BCUT2D eigenvalue weighted by Gasteiger charge is -2.49. The molecule has 1 aromatic heterocycles. The lowest BCUT2D eigenvalue weighted by atomic mass is 10.0. The fourth-order valence-corrected chi connectivity index (χ4v) is 4.70. The number of carboxylic acids is 1. The Hall–Kier alpha value is -2.40. The summed E-state index contributed by atoms with van der Waals surface area (Å²) in [6.07, 6.45) is 1.43. The molecule has 1 aromatic rings. The van der Waals surface area contributed by atoms with Crippen molar-refractivity contribution in [2.75, 3.05) is 17.7 Å². The quantitative estimate of drug-likeness (QED) is 0.410. The molecule has 1 amide bonds. The van der Waals surface area contributed by atoms with Crippen LogP contribution in [0, 0.1) is 0 Å². The minimum atomic E-state index is -1.24. The molecule has 0 saturated carbocycles. The van der Waals surface area contributed by atoms with Crippen molar-refractivity contribution >= 4 is 51.9 Å². The number of β-lactam (4-membered cyclic amide) rings is 1. The SMILES string of the molecule is CC(=O)OCC1=C(C(=O)O)N2C(=O)[C@H](Nc3ncc(C(C)=O)s3)[C@@H]2SC1. The minimum absolute atomic E-state index is 0.115. The highest BCUT2D eigenvalue weighted by atomic mass is 32.2. The second-order valence-electron chi connectivity index (χ2n) is 5.66. The number of aliphatic carboxylic acids is 1. The van der Waals surface area contributed by atoms with Gasteiger partial charge in [-0.15, -0.1) is 11.8 Å². The summed E-state index contributed by atoms with van der Waals surface area (Å²) in [5.74, 6) is -1.95. The number of hydrogen-bond acceptors (Lipinski definition) is 9. The zero-order chi connectivity index (χ0) is 19.0. The largest absolute Gasteiger partial charge is 0.477 e. The Kier molecular flexibility index (Phi) is 5.01. The maximum atomic E-state index is 12.5. The number of carboxylic acid groups (broad SMARTS) is 1. The number of nitrogens with one attached hydrogen (secondary N) is 1. The summed E-state index contributed by atoms with van der Waals surface area (Å²) >= 11 is 2.52. The molecule has 0 aromatic carbocycles. The van der Waals surface area contributed by atoms with Crippen LogP contribution in [0.1, 0.15) is 23.5 Å². The van der Waals surface area contributed by atoms with E-state index < -0.39 is 29.3 Å². The van der Waals surface area contributed by atoms with Gasteiger partial charge in [-0.25, -0.2) is 9.78 Å². The van der Waals surface area contributed by atoms with Crippen LogP contribution in [0.15, 0.2) is 17.5 Å². The molecule has 2 aliphatic rings. The summed E-state index contributed by atoms with van der Waals surface area (Å²) in [6, 6.07) is -0.629. The fourth-order valence-electron chi connectivity index (χ4n) is 2.62. The van der Waals surface area contributed by atoms with Gasteiger partial charge in [-0.05, 0) is 0 Å². The van der Waals surface area contributed by atoms with Gasteiger partial charge in [-0.2, -0.15) is 0 Å². The zero-order valence-electron chi connectivity index (χ0n) is 13.8. The van der Waals surface area contributed by atoms with E-state index >= 15 is 0 Å². The molecule has 0 spiro atoms. The summed E-state index contributed by atoms with van der Waals surface area (Å²) in [4.78, 5) is 52.2. The molecule has 26 heavy (non-hydrogen) atoms. The van der Waals surface area contributed by atoms with E-state index in [2.05, 4.69) is 10.3 Å². The summed E-state index contributed by atoms with van der Waals surface area (Å²) in [5, 5.41) is 12.5. The number of aromatic nitrogens is 1. The first-order valence-corrected chi connectivity index (χ1v) is 9.42. The van der Waals surface area contributed by atoms with Gasteiger partial charge >= 0.3 is 11.9 Å². The van der Waals surface area contributed by atoms with Crippen molar-refractivity contribution in [3.63, 3.8) is 0 Å². The normalized spacial score (nSPS) is 21.8. The monoisotopic (exact) mass is 397 g/mol. The number of thiazole rings is 1. The van der Waals surface area contributed by atoms with Crippen LogP contribution in [-0.2, 0) is 19.1 Å². The third kappa shape index (κ3) is 3.31. The molecule has 3 rings (SSSR count). The summed E-state index contributed by atoms with van der Waals surface area (Å²) < 4.78 is 4.89. The third-order valence-corrected chi connectivity index (χ3v) is 6.20. The standard InChI is InChI=1S/C15H15N3O6S2/c1-6(19)9-3-16-15(26-9)17-10-12(21)18-11(14(22)23)8(4-24-7(2)20)5-25-13(10)18/h3,10,13H,4-5H2,1-2H3,(H,16,17)(H,22,23)/t10-,13-/m0/s1. The number of nitrogens with zero attached hydrogens (tertiary/aromatic N) is 2. The van der Waals surface area contributed by atoms with Crippen LogP contribution in [0.4, 0.5) is 5.13 Å². The van der Waals surface area contributed by atoms with E-state index in [1.807, 2.05) is 0 Å². The van der Waals surface area contributed by atoms with Gasteiger partial charge in [-0.1, -0.05) is 11.3 Å². The molecule has 0 radical (unpaired) electrons. The number of thioether (sulfide) groups is 1. The van der Waals surface area contributed by atoms with Gasteiger partial charge in [0.15, 0.2) is 10.9 Å². The van der Waals surface area contributed by atoms with E-state index in [4.69, 9.17) is 4.74 Å². The number of amides is 1. The Balaban J connectivity index is 1.77. The molecule has 1 saturated heterocycles. The molecule has 0 bridgehead atoms. The summed E-state index contributed by atoms with van der Waals surface area (Å²) in [5.41, 5.74) is 0.246. The molecule has 0 aliphatic carbocycles. The van der Waals surface area contributed by atoms with E-state index in [-0.39, 0.29) is 18.1 Å². The molecule has 9 nitrogen and oxygen atoms in total. The lowest BCUT2D eigenvalue weighted by Crippen LogP contribution is -2.67. The maximum Gasteiger partial charge on any atom is 0.352 e. The molecule has 11 heteroatoms. The van der Waals surface area contributed by atoms with Crippen molar-refractivity contribution in [1.82, 2.24) is 9.88 Å². The molecular formula is C15H15N3O6S2. The minimum Gasteiger partial charge on any atom is -0.477 e. The highest BCUT2D eigenvalue weighted by Crippen LogP contribution is 2.41. The Bertz CT molecular complexity index is 833. The molecule has 1 fully saturated rings. The number of Topliss-reactive ketones (excluding diaryl/α,β-unsaturated/α-hetero) is 1. The van der Waals surface area contributed by atoms with Crippen LogP contribution in [-0.4, -0.2) is 62.4 Å². The van der Waals surface area contributed by atoms with Gasteiger partial charge in [0.2, 0.25) is 0 Å². The Labute approximate surface area is 156 Å². The van der Waals surface area contributed by atoms with Crippen LogP contribution < -0.4 is 5.32 Å². The highest BCUT2D eigenvalue weighted by Gasteiger charge is 2.54. The van der Waals surface area contributed by atoms with Crippen LogP contribution in [0.5, 0.6) is 0 Å². The van der Waals surface area contributed by atoms with Gasteiger partial charge in [0.05, 0.1) is 11.1 Å². The van der Waals surface area contributed by atoms with Crippen LogP contribution >= 0.6 is 23.1 Å². The van der Waals surface area contributed by atoms with Gasteiger partial charge in [-0.3, -0.25) is 19.3 Å². The van der Waals surface area contributed by atoms with E-state index in [1.165, 1.54) is 36.7 Å². The van der Waals surface area contributed by atoms with Crippen molar-refractivity contribution in [3.8, 4) is 0 Å². The Morgan fingerprint density at radius 3 is 2.73 bits per heavy atom. The second-order valence-corrected chi connectivity index (χ2v) is 7.79. The van der Waals surface area contributed by atoms with Crippen LogP contribution in [0.25, 0.3) is 0 Å². The fraction of sp³-hybridized carbons (Fsp3) is 0.400. The van der Waals surface area contributed by atoms with Gasteiger partial charge in [0, 0.05) is 25.2 Å². The van der Waals surface area contributed by atoms with Crippen molar-refractivity contribution in [2.45, 2.75) is 25.3 Å². The third-order valence-electron chi connectivity index (χ3n) is 3.83. The number of hydrogen-bond donors (Lipinski definition) is 2. The molecular weight excluding hydrogens is 382 g/mol. The highest BCUT2D eigenvalue weighted by molar-refractivity contribution is 8.00. The second kappa shape index (κ2) is 7.08. The van der Waals surface area contributed by atoms with Crippen molar-refractivity contribution in [3.05, 3.63) is 22.3 Å². The zero-order valence-corrected chi connectivity index (χ0v) is 15.5. The van der Waals surface area contributed by atoms with Gasteiger partial charge in [0.1, 0.15) is 23.7 Å². The average molecular weight is 397 g/mol. The number of anilines is 1. The first kappa shape index (κ1) is 18.4. The predicted molar refractivity (Wildman–Crippen MR) is 93.9 cm³/mol. The first-order chi connectivity index (χ1) is 12.3. The molecule has 2 atom stereocenters. The smallest absolute Gasteiger partial charge is 0.352 e. The number of rotatable bonds is 6. The number of carbonyl (C=O) groups is 4. The van der Waals surface area contributed by atoms with Gasteiger partial charge in [0.25, 0.3) is 5.91 Å². The number of esters is 1. The molecule has 3 heterocycles. The maximum absolute atomic E-state index is 12.5. The summed E-state index contributed by atoms with van der Waals surface area (Å²) in [7, 11) is 0. The Morgan fingerprint density at radius 2 is 2.15 bits per heavy atom. The van der Waals surface area contributed by atoms with E-state index in [0.717, 1.165) is 11.3 Å². The van der Waals surface area contributed by atoms with Gasteiger partial charge < -0.3 is 15.2 Å². The lowest BCUT2D eigenvalue weighted by molar-refractivity contribution is -0.147. The Morgan fingerprint density at radius 1 is 1.42 bits per heavy atom. The number of carbonyl (C=O) groups excluding carboxylic acids is 3. The number of fused-ring (bicyclic) bond motifs is 1. The average Bonchev–Trinajstić information content (AvgIpc) is 3.05. The van der Waals surface area contributed by atoms with Crippen molar-refractivity contribution in [1.29, 1.82) is 0 Å². The predicted octanol–water partition coefficient (Wildman–Crippen LogP) is 0.943. The molecule has 138 valence electrons. The molecule has 2 N–H and O–H groups in total. The van der Waals surface area contributed by atoms with E-state index in [1.54, 1.807) is 0 Å². The van der Waals surface area contributed by atoms with E-state index in [0.29, 0.717) is 21.3 Å². The topological polar surface area (TPSA) is 126 Å². The number of ether oxygens (including phenoxy) is 1.